The van der Waals surface area contributed by atoms with Crippen LogP contribution in [0.25, 0.3) is 0 Å². The van der Waals surface area contributed by atoms with Crippen LogP contribution in [0.15, 0.2) is 45.3 Å². The number of halogens is 2. The first kappa shape index (κ1) is 16.2. The average molecular weight is 414 g/mol. The van der Waals surface area contributed by atoms with Gasteiger partial charge in [0, 0.05) is 35.1 Å². The molecular weight excluding hydrogens is 396 g/mol. The molecule has 112 valence electrons. The van der Waals surface area contributed by atoms with Gasteiger partial charge in [-0.05, 0) is 36.4 Å². The zero-order valence-corrected chi connectivity index (χ0v) is 15.5. The molecule has 0 heterocycles. The monoisotopic (exact) mass is 412 g/mol. The third-order valence-electron chi connectivity index (χ3n) is 3.15. The number of rotatable bonds is 5. The third-order valence-corrected chi connectivity index (χ3v) is 4.14. The van der Waals surface area contributed by atoms with Crippen molar-refractivity contribution in [2.45, 2.75) is 6.54 Å². The lowest BCUT2D eigenvalue weighted by Crippen LogP contribution is -2.12. The van der Waals surface area contributed by atoms with Crippen LogP contribution in [-0.4, -0.2) is 21.2 Å². The van der Waals surface area contributed by atoms with Gasteiger partial charge in [-0.2, -0.15) is 0 Å². The summed E-state index contributed by atoms with van der Waals surface area (Å²) in [7, 11) is 5.76. The van der Waals surface area contributed by atoms with E-state index in [1.165, 1.54) is 0 Å². The van der Waals surface area contributed by atoms with Gasteiger partial charge < -0.3 is 15.0 Å². The van der Waals surface area contributed by atoms with Crippen LogP contribution in [0, 0.1) is 0 Å². The van der Waals surface area contributed by atoms with Gasteiger partial charge in [0.2, 0.25) is 0 Å². The number of anilines is 2. The van der Waals surface area contributed by atoms with E-state index in [2.05, 4.69) is 60.3 Å². The standard InChI is InChI=1S/C16H18Br2N2O/c1-20(2)15-6-4-13(18)9-14(15)19-10-11-8-12(17)5-7-16(11)21-3/h4-9,19H,10H2,1-3H3. The molecule has 0 unspecified atom stereocenters. The van der Waals surface area contributed by atoms with Gasteiger partial charge >= 0.3 is 0 Å². The summed E-state index contributed by atoms with van der Waals surface area (Å²) in [6.45, 7) is 0.694. The van der Waals surface area contributed by atoms with E-state index in [1.807, 2.05) is 32.3 Å². The largest absolute Gasteiger partial charge is 0.496 e. The minimum Gasteiger partial charge on any atom is -0.496 e. The first-order valence-electron chi connectivity index (χ1n) is 6.54. The van der Waals surface area contributed by atoms with Crippen LogP contribution in [0.4, 0.5) is 11.4 Å². The summed E-state index contributed by atoms with van der Waals surface area (Å²) in [6, 6.07) is 12.2. The second-order valence-electron chi connectivity index (χ2n) is 4.87. The van der Waals surface area contributed by atoms with Gasteiger partial charge in [0.25, 0.3) is 0 Å². The Balaban J connectivity index is 2.24. The van der Waals surface area contributed by atoms with Gasteiger partial charge in [-0.1, -0.05) is 31.9 Å². The molecular formula is C16H18Br2N2O. The number of nitrogens with zero attached hydrogens (tertiary/aromatic N) is 1. The molecule has 0 aliphatic carbocycles. The molecule has 1 N–H and O–H groups in total. The van der Waals surface area contributed by atoms with Gasteiger partial charge in [0.15, 0.2) is 0 Å². The fourth-order valence-electron chi connectivity index (χ4n) is 2.12. The van der Waals surface area contributed by atoms with Crippen molar-refractivity contribution in [1.82, 2.24) is 0 Å². The van der Waals surface area contributed by atoms with Crippen molar-refractivity contribution in [1.29, 1.82) is 0 Å². The fraction of sp³-hybridized carbons (Fsp3) is 0.250. The molecule has 0 amide bonds. The Morgan fingerprint density at radius 1 is 1.05 bits per heavy atom. The quantitative estimate of drug-likeness (QED) is 0.754. The molecule has 0 bridgehead atoms. The molecule has 0 fully saturated rings. The zero-order chi connectivity index (χ0) is 15.4. The average Bonchev–Trinajstić information content (AvgIpc) is 2.45. The second kappa shape index (κ2) is 7.18. The van der Waals surface area contributed by atoms with Crippen LogP contribution in [0.5, 0.6) is 5.75 Å². The smallest absolute Gasteiger partial charge is 0.123 e. The molecule has 2 rings (SSSR count). The molecule has 0 spiro atoms. The van der Waals surface area contributed by atoms with E-state index >= 15 is 0 Å². The van der Waals surface area contributed by atoms with E-state index in [-0.39, 0.29) is 0 Å². The number of benzene rings is 2. The lowest BCUT2D eigenvalue weighted by molar-refractivity contribution is 0.410. The highest BCUT2D eigenvalue weighted by Gasteiger charge is 2.08. The van der Waals surface area contributed by atoms with Crippen LogP contribution < -0.4 is 15.0 Å². The molecule has 0 aliphatic rings. The highest BCUT2D eigenvalue weighted by Crippen LogP contribution is 2.30. The molecule has 2 aromatic rings. The summed E-state index contributed by atoms with van der Waals surface area (Å²) in [5.41, 5.74) is 3.33. The summed E-state index contributed by atoms with van der Waals surface area (Å²) in [5, 5.41) is 3.48. The second-order valence-corrected chi connectivity index (χ2v) is 6.70. The Labute approximate surface area is 142 Å². The van der Waals surface area contributed by atoms with E-state index in [1.54, 1.807) is 7.11 Å². The van der Waals surface area contributed by atoms with Crippen LogP contribution in [0.3, 0.4) is 0 Å². The Hall–Kier alpha value is -1.20. The molecule has 0 aromatic heterocycles. The lowest BCUT2D eigenvalue weighted by Gasteiger charge is -2.19. The molecule has 0 saturated carbocycles. The van der Waals surface area contributed by atoms with Gasteiger partial charge in [0.05, 0.1) is 18.5 Å². The Bertz CT molecular complexity index is 630. The first-order valence-corrected chi connectivity index (χ1v) is 8.13. The van der Waals surface area contributed by atoms with Gasteiger partial charge in [0.1, 0.15) is 5.75 Å². The van der Waals surface area contributed by atoms with E-state index in [0.717, 1.165) is 31.6 Å². The molecule has 3 nitrogen and oxygen atoms in total. The van der Waals surface area contributed by atoms with Crippen molar-refractivity contribution in [3.63, 3.8) is 0 Å². The van der Waals surface area contributed by atoms with Crippen molar-refractivity contribution in [2.75, 3.05) is 31.4 Å². The van der Waals surface area contributed by atoms with E-state index in [0.29, 0.717) is 6.54 Å². The molecule has 0 aliphatic heterocycles. The highest BCUT2D eigenvalue weighted by molar-refractivity contribution is 9.10. The maximum atomic E-state index is 5.41. The minimum atomic E-state index is 0.694. The normalized spacial score (nSPS) is 10.3. The highest BCUT2D eigenvalue weighted by atomic mass is 79.9. The van der Waals surface area contributed by atoms with Crippen LogP contribution >= 0.6 is 31.9 Å². The Morgan fingerprint density at radius 3 is 2.38 bits per heavy atom. The number of hydrogen-bond donors (Lipinski definition) is 1. The maximum absolute atomic E-state index is 5.41. The number of nitrogens with one attached hydrogen (secondary N) is 1. The Kier molecular flexibility index (Phi) is 5.53. The molecule has 0 atom stereocenters. The lowest BCUT2D eigenvalue weighted by atomic mass is 10.2. The number of ether oxygens (including phenoxy) is 1. The van der Waals surface area contributed by atoms with Crippen LogP contribution in [0.2, 0.25) is 0 Å². The van der Waals surface area contributed by atoms with E-state index < -0.39 is 0 Å². The molecule has 0 saturated heterocycles. The molecule has 2 aromatic carbocycles. The van der Waals surface area contributed by atoms with Crippen molar-refractivity contribution in [3.05, 3.63) is 50.9 Å². The van der Waals surface area contributed by atoms with Crippen molar-refractivity contribution >= 4 is 43.2 Å². The number of hydrogen-bond acceptors (Lipinski definition) is 3. The van der Waals surface area contributed by atoms with Gasteiger partial charge in [-0.3, -0.25) is 0 Å². The minimum absolute atomic E-state index is 0.694. The summed E-state index contributed by atoms with van der Waals surface area (Å²) in [4.78, 5) is 2.09. The Morgan fingerprint density at radius 2 is 1.71 bits per heavy atom. The van der Waals surface area contributed by atoms with Crippen LogP contribution in [0.1, 0.15) is 5.56 Å². The topological polar surface area (TPSA) is 24.5 Å². The van der Waals surface area contributed by atoms with E-state index in [4.69, 9.17) is 4.74 Å². The first-order chi connectivity index (χ1) is 10.0. The van der Waals surface area contributed by atoms with E-state index in [9.17, 15) is 0 Å². The SMILES string of the molecule is COc1ccc(Br)cc1CNc1cc(Br)ccc1N(C)C. The van der Waals surface area contributed by atoms with Crippen molar-refractivity contribution in [3.8, 4) is 5.75 Å². The van der Waals surface area contributed by atoms with Crippen molar-refractivity contribution in [2.24, 2.45) is 0 Å². The fourth-order valence-corrected chi connectivity index (χ4v) is 2.89. The molecule has 5 heteroatoms. The number of methoxy groups -OCH3 is 1. The summed E-state index contributed by atoms with van der Waals surface area (Å²) < 4.78 is 7.51. The predicted molar refractivity (Wildman–Crippen MR) is 96.5 cm³/mol. The maximum Gasteiger partial charge on any atom is 0.123 e. The summed E-state index contributed by atoms with van der Waals surface area (Å²) >= 11 is 7.02. The van der Waals surface area contributed by atoms with Crippen molar-refractivity contribution < 1.29 is 4.74 Å². The van der Waals surface area contributed by atoms with Crippen LogP contribution in [-0.2, 0) is 6.54 Å². The van der Waals surface area contributed by atoms with Gasteiger partial charge in [-0.15, -0.1) is 0 Å². The molecule has 21 heavy (non-hydrogen) atoms. The summed E-state index contributed by atoms with van der Waals surface area (Å²) in [5.74, 6) is 0.882. The molecule has 0 radical (unpaired) electrons. The third kappa shape index (κ3) is 4.14. The zero-order valence-electron chi connectivity index (χ0n) is 12.3. The predicted octanol–water partition coefficient (Wildman–Crippen LogP) is 4.90. The van der Waals surface area contributed by atoms with Gasteiger partial charge in [-0.25, -0.2) is 0 Å². The summed E-state index contributed by atoms with van der Waals surface area (Å²) in [6.07, 6.45) is 0.